The first-order valence-corrected chi connectivity index (χ1v) is 2.93. The monoisotopic (exact) mass is 390 g/mol. The van der Waals surface area contributed by atoms with Crippen molar-refractivity contribution in [1.29, 1.82) is 0 Å². The van der Waals surface area contributed by atoms with Crippen LogP contribution in [-0.4, -0.2) is 6.16 Å². The molecule has 0 unspecified atom stereocenters. The van der Waals surface area contributed by atoms with Crippen molar-refractivity contribution in [2.24, 2.45) is 0 Å². The fraction of sp³-hybridized carbons (Fsp3) is 0. The summed E-state index contributed by atoms with van der Waals surface area (Å²) in [5, 5.41) is 9.89. The predicted octanol–water partition coefficient (Wildman–Crippen LogP) is -12.0. The summed E-state index contributed by atoms with van der Waals surface area (Å²) in [5.41, 5.74) is 5.89. The summed E-state index contributed by atoms with van der Waals surface area (Å²) in [5.74, 6) is 0.208. The number of carboxylic acid groups (broad SMARTS) is 1. The second kappa shape index (κ2) is 15.1. The number of rotatable bonds is 1. The molecule has 0 aliphatic carbocycles. The first-order chi connectivity index (χ1) is 5.18. The molecule has 0 amide bonds. The van der Waals surface area contributed by atoms with E-state index in [2.05, 4.69) is 4.74 Å². The molecule has 0 spiro atoms. The van der Waals surface area contributed by atoms with Gasteiger partial charge in [-0.1, -0.05) is 0 Å². The van der Waals surface area contributed by atoms with Gasteiger partial charge in [0.2, 0.25) is 0 Å². The second-order valence-corrected chi connectivity index (χ2v) is 1.92. The van der Waals surface area contributed by atoms with Gasteiger partial charge < -0.3 is 70.0 Å². The van der Waals surface area contributed by atoms with Gasteiger partial charge in [-0.2, -0.15) is 0 Å². The van der Waals surface area contributed by atoms with Crippen LogP contribution in [0.5, 0.6) is 5.75 Å². The van der Waals surface area contributed by atoms with Gasteiger partial charge in [0.05, 0.1) is 5.75 Å². The van der Waals surface area contributed by atoms with Gasteiger partial charge in [-0.05, 0) is 24.3 Å². The minimum absolute atomic E-state index is 0. The van der Waals surface area contributed by atoms with E-state index in [9.17, 15) is 9.90 Å². The zero-order valence-corrected chi connectivity index (χ0v) is 12.6. The number of ether oxygens (including phenoxy) is 1. The number of nitrogen functional groups attached to an aromatic ring is 1. The van der Waals surface area contributed by atoms with Crippen LogP contribution in [-0.2, 0) is 21.1 Å². The van der Waals surface area contributed by atoms with Crippen LogP contribution in [0.3, 0.4) is 0 Å². The van der Waals surface area contributed by atoms with E-state index in [0.717, 1.165) is 0 Å². The average molecular weight is 390 g/mol. The molecule has 0 radical (unpaired) electrons. The van der Waals surface area contributed by atoms with E-state index in [1.165, 1.54) is 24.3 Å². The first-order valence-electron chi connectivity index (χ1n) is 2.93. The molecule has 0 atom stereocenters. The molecule has 16 heavy (non-hydrogen) atoms. The van der Waals surface area contributed by atoms with Crippen LogP contribution >= 0.6 is 0 Å². The number of hydrogen-bond acceptors (Lipinski definition) is 4. The Morgan fingerprint density at radius 3 is 1.75 bits per heavy atom. The van der Waals surface area contributed by atoms with Crippen LogP contribution in [0.25, 0.3) is 0 Å². The van der Waals surface area contributed by atoms with E-state index >= 15 is 0 Å². The Bertz CT molecular complexity index is 273. The summed E-state index contributed by atoms with van der Waals surface area (Å²) in [4.78, 5) is 9.89. The van der Waals surface area contributed by atoms with E-state index in [1.807, 2.05) is 0 Å². The largest absolute Gasteiger partial charge is 1.00 e. The van der Waals surface area contributed by atoms with Crippen molar-refractivity contribution in [3.8, 4) is 5.75 Å². The maximum Gasteiger partial charge on any atom is 0.257 e. The quantitative estimate of drug-likeness (QED) is 0.224. The van der Waals surface area contributed by atoms with Gasteiger partial charge in [-0.15, -0.1) is 0 Å². The van der Waals surface area contributed by atoms with Crippen LogP contribution in [0, 0.1) is 0 Å². The Hall–Kier alpha value is 0.138. The van der Waals surface area contributed by atoms with E-state index < -0.39 is 6.16 Å². The SMILES string of the molecule is Nc1ccc(OC(=O)[O-])cc1.[Cl-].[Cl-].[Cl-].[Cl-].[Mo]. The molecule has 1 aromatic rings. The molecule has 0 aliphatic rings. The number of hydrogen-bond donors (Lipinski definition) is 1. The van der Waals surface area contributed by atoms with Gasteiger partial charge in [0.1, 0.15) is 0 Å². The Balaban J connectivity index is -0.0000000807. The first kappa shape index (κ1) is 29.8. The van der Waals surface area contributed by atoms with Gasteiger partial charge in [-0.25, -0.2) is 0 Å². The summed E-state index contributed by atoms with van der Waals surface area (Å²) < 4.78 is 4.22. The Morgan fingerprint density at radius 2 is 1.44 bits per heavy atom. The van der Waals surface area contributed by atoms with Crippen molar-refractivity contribution in [2.75, 3.05) is 5.73 Å². The zero-order chi connectivity index (χ0) is 8.27. The van der Waals surface area contributed by atoms with Crippen LogP contribution in [0.1, 0.15) is 0 Å². The summed E-state index contributed by atoms with van der Waals surface area (Å²) in [6.07, 6.45) is -1.57. The third-order valence-corrected chi connectivity index (χ3v) is 1.08. The molecule has 4 nitrogen and oxygen atoms in total. The van der Waals surface area contributed by atoms with Crippen molar-refractivity contribution in [3.63, 3.8) is 0 Å². The number of carbonyl (C=O) groups is 1. The maximum absolute atomic E-state index is 9.89. The molecule has 0 aliphatic heterocycles. The van der Waals surface area contributed by atoms with Gasteiger partial charge in [-0.3, -0.25) is 0 Å². The van der Waals surface area contributed by atoms with E-state index in [4.69, 9.17) is 5.73 Å². The smallest absolute Gasteiger partial charge is 0.257 e. The van der Waals surface area contributed by atoms with Crippen molar-refractivity contribution < 1.29 is 85.3 Å². The number of benzene rings is 1. The molecule has 1 rings (SSSR count). The molecule has 2 N–H and O–H groups in total. The molecule has 1 aromatic carbocycles. The van der Waals surface area contributed by atoms with Gasteiger partial charge >= 0.3 is 0 Å². The molecule has 96 valence electrons. The van der Waals surface area contributed by atoms with E-state index in [1.54, 1.807) is 0 Å². The minimum atomic E-state index is -1.57. The molecule has 9 heteroatoms. The fourth-order valence-electron chi connectivity index (χ4n) is 0.632. The predicted molar refractivity (Wildman–Crippen MR) is 36.9 cm³/mol. The summed E-state index contributed by atoms with van der Waals surface area (Å²) in [6.45, 7) is 0. The van der Waals surface area contributed by atoms with Crippen molar-refractivity contribution in [1.82, 2.24) is 0 Å². The van der Waals surface area contributed by atoms with Crippen molar-refractivity contribution in [3.05, 3.63) is 24.3 Å². The number of anilines is 1. The van der Waals surface area contributed by atoms with Crippen molar-refractivity contribution in [2.45, 2.75) is 0 Å². The van der Waals surface area contributed by atoms with E-state index in [-0.39, 0.29) is 76.4 Å². The Labute approximate surface area is 132 Å². The summed E-state index contributed by atoms with van der Waals surface area (Å²) in [6, 6.07) is 5.98. The molecule has 0 heterocycles. The molecular formula is C7H6Cl4MoNO3-5. The molecule has 0 saturated carbocycles. The summed E-state index contributed by atoms with van der Waals surface area (Å²) >= 11 is 0. The third kappa shape index (κ3) is 12.2. The Morgan fingerprint density at radius 1 is 1.06 bits per heavy atom. The maximum atomic E-state index is 9.89. The third-order valence-electron chi connectivity index (χ3n) is 1.08. The zero-order valence-electron chi connectivity index (χ0n) is 7.53. The number of carbonyl (C=O) groups excluding carboxylic acids is 1. The van der Waals surface area contributed by atoms with Crippen molar-refractivity contribution >= 4 is 11.8 Å². The normalized spacial score (nSPS) is 6.25. The molecule has 0 saturated heterocycles. The molecule has 0 aromatic heterocycles. The van der Waals surface area contributed by atoms with Gasteiger partial charge in [0.15, 0.2) is 0 Å². The topological polar surface area (TPSA) is 75.4 Å². The van der Waals surface area contributed by atoms with Crippen LogP contribution < -0.4 is 65.2 Å². The molecule has 0 bridgehead atoms. The second-order valence-electron chi connectivity index (χ2n) is 1.92. The minimum Gasteiger partial charge on any atom is -1.00 e. The van der Waals surface area contributed by atoms with Crippen LogP contribution in [0.4, 0.5) is 10.5 Å². The fourth-order valence-corrected chi connectivity index (χ4v) is 0.632. The molecule has 0 fully saturated rings. The average Bonchev–Trinajstić information content (AvgIpc) is 1.93. The van der Waals surface area contributed by atoms with Crippen LogP contribution in [0.2, 0.25) is 0 Å². The van der Waals surface area contributed by atoms with Crippen LogP contribution in [0.15, 0.2) is 24.3 Å². The van der Waals surface area contributed by atoms with E-state index in [0.29, 0.717) is 5.69 Å². The summed E-state index contributed by atoms with van der Waals surface area (Å²) in [7, 11) is 0. The Kier molecular flexibility index (Phi) is 28.2. The van der Waals surface area contributed by atoms with Gasteiger partial charge in [0.25, 0.3) is 6.16 Å². The molecular weight excluding hydrogens is 384 g/mol. The van der Waals surface area contributed by atoms with Gasteiger partial charge in [0, 0.05) is 26.8 Å². The standard InChI is InChI=1S/C7H7NO3.4ClH.Mo/c8-5-1-3-6(4-2-5)11-7(9)10;;;;;/h1-4H,8H2,(H,9,10);4*1H;/p-5. The number of nitrogens with two attached hydrogens (primary N) is 1. The number of halogens is 4.